The van der Waals surface area contributed by atoms with Crippen LogP contribution in [0, 0.1) is 0 Å². The van der Waals surface area contributed by atoms with Crippen molar-refractivity contribution in [2.75, 3.05) is 7.11 Å². The summed E-state index contributed by atoms with van der Waals surface area (Å²) in [5.74, 6) is 1.40. The molecule has 0 fully saturated rings. The maximum Gasteiger partial charge on any atom is 0.214 e. The molecule has 76 valence electrons. The number of aromatic nitrogens is 2. The molecule has 0 spiro atoms. The van der Waals surface area contributed by atoms with Crippen LogP contribution in [0.25, 0.3) is 12.2 Å². The lowest BCUT2D eigenvalue weighted by atomic mass is 10.2. The molecule has 2 rings (SSSR count). The summed E-state index contributed by atoms with van der Waals surface area (Å²) in [6, 6.07) is 7.70. The molecule has 1 aromatic heterocycles. The van der Waals surface area contributed by atoms with E-state index in [-0.39, 0.29) is 0 Å². The molecule has 1 aromatic carbocycles. The third-order valence-electron chi connectivity index (χ3n) is 1.92. The van der Waals surface area contributed by atoms with Gasteiger partial charge < -0.3 is 9.26 Å². The smallest absolute Gasteiger partial charge is 0.214 e. The van der Waals surface area contributed by atoms with Crippen molar-refractivity contribution in [3.05, 3.63) is 42.0 Å². The summed E-state index contributed by atoms with van der Waals surface area (Å²) in [5.41, 5.74) is 1.06. The molecule has 0 saturated carbocycles. The Morgan fingerprint density at radius 3 is 2.60 bits per heavy atom. The van der Waals surface area contributed by atoms with Gasteiger partial charge in [0.2, 0.25) is 6.39 Å². The minimum Gasteiger partial charge on any atom is -0.497 e. The molecular weight excluding hydrogens is 192 g/mol. The van der Waals surface area contributed by atoms with E-state index in [4.69, 9.17) is 4.74 Å². The van der Waals surface area contributed by atoms with Crippen molar-refractivity contribution in [3.63, 3.8) is 0 Å². The standard InChI is InChI=1S/C11H10N2O2/c1-14-10-5-2-9(3-6-10)4-7-11-12-8-15-13-11/h2-8H,1H3/b7-4+. The fourth-order valence-corrected chi connectivity index (χ4v) is 1.14. The zero-order valence-corrected chi connectivity index (χ0v) is 8.25. The van der Waals surface area contributed by atoms with Crippen molar-refractivity contribution in [3.8, 4) is 5.75 Å². The second-order valence-electron chi connectivity index (χ2n) is 2.90. The Labute approximate surface area is 87.2 Å². The highest BCUT2D eigenvalue weighted by atomic mass is 16.5. The van der Waals surface area contributed by atoms with Gasteiger partial charge in [-0.3, -0.25) is 0 Å². The maximum atomic E-state index is 5.06. The number of hydrogen-bond donors (Lipinski definition) is 0. The Hall–Kier alpha value is -2.10. The molecule has 0 unspecified atom stereocenters. The second-order valence-corrected chi connectivity index (χ2v) is 2.90. The summed E-state index contributed by atoms with van der Waals surface area (Å²) in [6.07, 6.45) is 4.99. The van der Waals surface area contributed by atoms with Gasteiger partial charge in [-0.1, -0.05) is 23.4 Å². The van der Waals surface area contributed by atoms with Crippen molar-refractivity contribution < 1.29 is 9.26 Å². The number of nitrogens with zero attached hydrogens (tertiary/aromatic N) is 2. The largest absolute Gasteiger partial charge is 0.497 e. The highest BCUT2D eigenvalue weighted by molar-refractivity contribution is 5.66. The van der Waals surface area contributed by atoms with E-state index in [1.807, 2.05) is 30.3 Å². The Morgan fingerprint density at radius 1 is 1.20 bits per heavy atom. The SMILES string of the molecule is COc1ccc(/C=C/c2ncon2)cc1. The van der Waals surface area contributed by atoms with Crippen molar-refractivity contribution in [1.82, 2.24) is 10.1 Å². The van der Waals surface area contributed by atoms with E-state index in [9.17, 15) is 0 Å². The summed E-state index contributed by atoms with van der Waals surface area (Å²) < 4.78 is 9.66. The van der Waals surface area contributed by atoms with E-state index in [1.54, 1.807) is 13.2 Å². The monoisotopic (exact) mass is 202 g/mol. The highest BCUT2D eigenvalue weighted by Gasteiger charge is 1.92. The molecule has 0 aliphatic rings. The molecule has 0 atom stereocenters. The zero-order chi connectivity index (χ0) is 10.5. The van der Waals surface area contributed by atoms with Gasteiger partial charge in [0.05, 0.1) is 7.11 Å². The topological polar surface area (TPSA) is 48.2 Å². The fourth-order valence-electron chi connectivity index (χ4n) is 1.14. The first-order chi connectivity index (χ1) is 7.38. The minimum absolute atomic E-state index is 0.561. The molecule has 1 heterocycles. The first-order valence-corrected chi connectivity index (χ1v) is 4.47. The average Bonchev–Trinajstić information content (AvgIpc) is 2.80. The molecule has 2 aromatic rings. The van der Waals surface area contributed by atoms with Gasteiger partial charge in [-0.05, 0) is 23.8 Å². The number of hydrogen-bond acceptors (Lipinski definition) is 4. The molecule has 0 aliphatic heterocycles. The van der Waals surface area contributed by atoms with E-state index in [0.29, 0.717) is 5.82 Å². The van der Waals surface area contributed by atoms with E-state index in [2.05, 4.69) is 14.7 Å². The van der Waals surface area contributed by atoms with Crippen LogP contribution in [0.2, 0.25) is 0 Å². The van der Waals surface area contributed by atoms with Crippen LogP contribution in [0.5, 0.6) is 5.75 Å². The molecule has 4 nitrogen and oxygen atoms in total. The van der Waals surface area contributed by atoms with Crippen LogP contribution in [0.15, 0.2) is 35.2 Å². The number of methoxy groups -OCH3 is 1. The summed E-state index contributed by atoms with van der Waals surface area (Å²) in [4.78, 5) is 3.88. The summed E-state index contributed by atoms with van der Waals surface area (Å²) >= 11 is 0. The van der Waals surface area contributed by atoms with Crippen molar-refractivity contribution in [2.24, 2.45) is 0 Å². The van der Waals surface area contributed by atoms with E-state index >= 15 is 0 Å². The molecular formula is C11H10N2O2. The van der Waals surface area contributed by atoms with E-state index < -0.39 is 0 Å². The van der Waals surface area contributed by atoms with Crippen LogP contribution >= 0.6 is 0 Å². The molecule has 15 heavy (non-hydrogen) atoms. The Morgan fingerprint density at radius 2 is 2.00 bits per heavy atom. The van der Waals surface area contributed by atoms with Crippen LogP contribution in [0.3, 0.4) is 0 Å². The maximum absolute atomic E-state index is 5.06. The molecule has 0 N–H and O–H groups in total. The van der Waals surface area contributed by atoms with Crippen molar-refractivity contribution in [1.29, 1.82) is 0 Å². The summed E-state index contributed by atoms with van der Waals surface area (Å²) in [6.45, 7) is 0. The lowest BCUT2D eigenvalue weighted by molar-refractivity contribution is 0.414. The molecule has 0 saturated heterocycles. The lowest BCUT2D eigenvalue weighted by Crippen LogP contribution is -1.81. The van der Waals surface area contributed by atoms with Gasteiger partial charge in [0.1, 0.15) is 5.75 Å². The first kappa shape index (κ1) is 9.45. The van der Waals surface area contributed by atoms with Gasteiger partial charge in [-0.2, -0.15) is 4.98 Å². The van der Waals surface area contributed by atoms with Crippen molar-refractivity contribution >= 4 is 12.2 Å². The lowest BCUT2D eigenvalue weighted by Gasteiger charge is -1.98. The van der Waals surface area contributed by atoms with Crippen LogP contribution in [0.4, 0.5) is 0 Å². The highest BCUT2D eigenvalue weighted by Crippen LogP contribution is 2.12. The number of ether oxygens (including phenoxy) is 1. The molecule has 0 aliphatic carbocycles. The average molecular weight is 202 g/mol. The number of rotatable bonds is 3. The Balaban J connectivity index is 2.11. The Bertz CT molecular complexity index is 432. The van der Waals surface area contributed by atoms with Crippen LogP contribution < -0.4 is 4.74 Å². The molecule has 0 radical (unpaired) electrons. The van der Waals surface area contributed by atoms with Crippen LogP contribution in [-0.4, -0.2) is 17.3 Å². The Kier molecular flexibility index (Phi) is 2.78. The van der Waals surface area contributed by atoms with Crippen LogP contribution in [-0.2, 0) is 0 Å². The van der Waals surface area contributed by atoms with Gasteiger partial charge in [-0.15, -0.1) is 0 Å². The zero-order valence-electron chi connectivity index (χ0n) is 8.25. The summed E-state index contributed by atoms with van der Waals surface area (Å²) in [5, 5.41) is 3.67. The van der Waals surface area contributed by atoms with Crippen molar-refractivity contribution in [2.45, 2.75) is 0 Å². The van der Waals surface area contributed by atoms with Gasteiger partial charge in [0.25, 0.3) is 0 Å². The second kappa shape index (κ2) is 4.41. The quantitative estimate of drug-likeness (QED) is 0.765. The first-order valence-electron chi connectivity index (χ1n) is 4.47. The minimum atomic E-state index is 0.561. The van der Waals surface area contributed by atoms with E-state index in [0.717, 1.165) is 11.3 Å². The number of benzene rings is 1. The fraction of sp³-hybridized carbons (Fsp3) is 0.0909. The van der Waals surface area contributed by atoms with Gasteiger partial charge in [-0.25, -0.2) is 0 Å². The third kappa shape index (κ3) is 2.43. The third-order valence-corrected chi connectivity index (χ3v) is 1.92. The predicted molar refractivity (Wildman–Crippen MR) is 56.2 cm³/mol. The van der Waals surface area contributed by atoms with Gasteiger partial charge in [0, 0.05) is 0 Å². The van der Waals surface area contributed by atoms with Crippen LogP contribution in [0.1, 0.15) is 11.4 Å². The van der Waals surface area contributed by atoms with Gasteiger partial charge >= 0.3 is 0 Å². The molecule has 4 heteroatoms. The summed E-state index contributed by atoms with van der Waals surface area (Å²) in [7, 11) is 1.64. The molecule has 0 amide bonds. The predicted octanol–water partition coefficient (Wildman–Crippen LogP) is 2.25. The van der Waals surface area contributed by atoms with Gasteiger partial charge in [0.15, 0.2) is 5.82 Å². The normalized spacial score (nSPS) is 10.7. The molecule has 0 bridgehead atoms. The van der Waals surface area contributed by atoms with E-state index in [1.165, 1.54) is 6.39 Å².